The first-order valence-electron chi connectivity index (χ1n) is 8.94. The number of aliphatic imine (C=N–C) groups is 1. The Morgan fingerprint density at radius 1 is 1.29 bits per heavy atom. The third-order valence-corrected chi connectivity index (χ3v) is 4.31. The van der Waals surface area contributed by atoms with Crippen LogP contribution in [0.3, 0.4) is 0 Å². The highest BCUT2D eigenvalue weighted by molar-refractivity contribution is 5.79. The zero-order chi connectivity index (χ0) is 17.9. The quantitative estimate of drug-likeness (QED) is 0.537. The molecule has 24 heavy (non-hydrogen) atoms. The fraction of sp³-hybridized carbons (Fsp3) is 0.632. The second kappa shape index (κ2) is 11.0. The largest absolute Gasteiger partial charge is 0.354 e. The van der Waals surface area contributed by atoms with Gasteiger partial charge in [-0.3, -0.25) is 4.99 Å². The van der Waals surface area contributed by atoms with E-state index in [9.17, 15) is 4.39 Å². The third-order valence-electron chi connectivity index (χ3n) is 4.31. The Balaban J connectivity index is 2.37. The van der Waals surface area contributed by atoms with Gasteiger partial charge in [-0.25, -0.2) is 4.39 Å². The van der Waals surface area contributed by atoms with Gasteiger partial charge in [-0.15, -0.1) is 0 Å². The SMILES string of the molecule is CCN(CC)CCCC(C)NC(=NC)NCc1ccc(C)c(F)c1. The average Bonchev–Trinajstić information content (AvgIpc) is 2.58. The van der Waals surface area contributed by atoms with E-state index in [2.05, 4.69) is 41.3 Å². The molecule has 2 N–H and O–H groups in total. The second-order valence-corrected chi connectivity index (χ2v) is 6.22. The summed E-state index contributed by atoms with van der Waals surface area (Å²) in [5.74, 6) is 0.591. The summed E-state index contributed by atoms with van der Waals surface area (Å²) >= 11 is 0. The van der Waals surface area contributed by atoms with Crippen molar-refractivity contribution in [2.24, 2.45) is 4.99 Å². The van der Waals surface area contributed by atoms with Crippen molar-refractivity contribution in [3.63, 3.8) is 0 Å². The lowest BCUT2D eigenvalue weighted by molar-refractivity contribution is 0.292. The standard InChI is InChI=1S/C19H33FN4/c1-6-24(7-2)12-8-9-16(4)23-19(21-5)22-14-17-11-10-15(3)18(20)13-17/h10-11,13,16H,6-9,12,14H2,1-5H3,(H2,21,22,23). The number of benzene rings is 1. The van der Waals surface area contributed by atoms with Gasteiger partial charge in [0.25, 0.3) is 0 Å². The van der Waals surface area contributed by atoms with Gasteiger partial charge < -0.3 is 15.5 Å². The summed E-state index contributed by atoms with van der Waals surface area (Å²) in [7, 11) is 1.76. The summed E-state index contributed by atoms with van der Waals surface area (Å²) in [5, 5.41) is 6.65. The van der Waals surface area contributed by atoms with Crippen LogP contribution in [0.5, 0.6) is 0 Å². The number of halogens is 1. The third kappa shape index (κ3) is 7.30. The van der Waals surface area contributed by atoms with Crippen LogP contribution in [0.4, 0.5) is 4.39 Å². The summed E-state index contributed by atoms with van der Waals surface area (Å²) in [5.41, 5.74) is 1.58. The van der Waals surface area contributed by atoms with Gasteiger partial charge in [-0.05, 0) is 63.5 Å². The number of rotatable bonds is 9. The first-order chi connectivity index (χ1) is 11.5. The molecule has 0 aliphatic heterocycles. The van der Waals surface area contributed by atoms with Crippen molar-refractivity contribution in [2.75, 3.05) is 26.7 Å². The van der Waals surface area contributed by atoms with Crippen LogP contribution in [-0.2, 0) is 6.54 Å². The first-order valence-corrected chi connectivity index (χ1v) is 8.94. The molecule has 1 atom stereocenters. The van der Waals surface area contributed by atoms with Gasteiger partial charge in [0, 0.05) is 19.6 Å². The molecule has 1 rings (SSSR count). The van der Waals surface area contributed by atoms with Gasteiger partial charge in [0.2, 0.25) is 0 Å². The van der Waals surface area contributed by atoms with E-state index in [1.165, 1.54) is 0 Å². The fourth-order valence-corrected chi connectivity index (χ4v) is 2.59. The number of nitrogens with one attached hydrogen (secondary N) is 2. The van der Waals surface area contributed by atoms with Crippen LogP contribution in [-0.4, -0.2) is 43.6 Å². The number of nitrogens with zero attached hydrogens (tertiary/aromatic N) is 2. The number of aryl methyl sites for hydroxylation is 1. The maximum absolute atomic E-state index is 13.6. The lowest BCUT2D eigenvalue weighted by atomic mass is 10.1. The van der Waals surface area contributed by atoms with E-state index in [0.29, 0.717) is 18.2 Å². The molecule has 5 heteroatoms. The molecule has 4 nitrogen and oxygen atoms in total. The monoisotopic (exact) mass is 336 g/mol. The van der Waals surface area contributed by atoms with Crippen LogP contribution in [0.15, 0.2) is 23.2 Å². The van der Waals surface area contributed by atoms with E-state index in [1.54, 1.807) is 26.1 Å². The highest BCUT2D eigenvalue weighted by Gasteiger charge is 2.07. The summed E-state index contributed by atoms with van der Waals surface area (Å²) < 4.78 is 13.6. The van der Waals surface area contributed by atoms with Gasteiger partial charge in [-0.2, -0.15) is 0 Å². The molecule has 0 spiro atoms. The smallest absolute Gasteiger partial charge is 0.191 e. The van der Waals surface area contributed by atoms with Crippen LogP contribution in [0, 0.1) is 12.7 Å². The molecule has 0 saturated carbocycles. The molecule has 0 aromatic heterocycles. The van der Waals surface area contributed by atoms with Crippen molar-refractivity contribution in [3.8, 4) is 0 Å². The molecule has 0 aliphatic rings. The Bertz CT molecular complexity index is 512. The van der Waals surface area contributed by atoms with Gasteiger partial charge in [0.15, 0.2) is 5.96 Å². The van der Waals surface area contributed by atoms with E-state index >= 15 is 0 Å². The van der Waals surface area contributed by atoms with Crippen LogP contribution >= 0.6 is 0 Å². The molecular formula is C19H33FN4. The molecule has 1 aromatic carbocycles. The zero-order valence-corrected chi connectivity index (χ0v) is 15.8. The summed E-state index contributed by atoms with van der Waals surface area (Å²) in [4.78, 5) is 6.69. The second-order valence-electron chi connectivity index (χ2n) is 6.22. The molecule has 0 heterocycles. The topological polar surface area (TPSA) is 39.7 Å². The minimum atomic E-state index is -0.165. The Morgan fingerprint density at radius 2 is 2.00 bits per heavy atom. The molecular weight excluding hydrogens is 303 g/mol. The molecule has 0 saturated heterocycles. The zero-order valence-electron chi connectivity index (χ0n) is 15.8. The van der Waals surface area contributed by atoms with E-state index in [4.69, 9.17) is 0 Å². The lowest BCUT2D eigenvalue weighted by Gasteiger charge is -2.21. The molecule has 0 fully saturated rings. The Kier molecular flexibility index (Phi) is 9.38. The average molecular weight is 336 g/mol. The molecule has 136 valence electrons. The summed E-state index contributed by atoms with van der Waals surface area (Å²) in [6, 6.07) is 5.66. The molecule has 1 unspecified atom stereocenters. The summed E-state index contributed by atoms with van der Waals surface area (Å²) in [6.45, 7) is 12.2. The van der Waals surface area contributed by atoms with Crippen LogP contribution in [0.1, 0.15) is 44.7 Å². The van der Waals surface area contributed by atoms with E-state index in [0.717, 1.165) is 44.0 Å². The predicted molar refractivity (Wildman–Crippen MR) is 101 cm³/mol. The molecule has 0 aliphatic carbocycles. The Hall–Kier alpha value is -1.62. The van der Waals surface area contributed by atoms with Crippen molar-refractivity contribution < 1.29 is 4.39 Å². The molecule has 0 radical (unpaired) electrons. The molecule has 1 aromatic rings. The van der Waals surface area contributed by atoms with Crippen molar-refractivity contribution in [1.29, 1.82) is 0 Å². The summed E-state index contributed by atoms with van der Waals surface area (Å²) in [6.07, 6.45) is 2.26. The Morgan fingerprint density at radius 3 is 2.58 bits per heavy atom. The van der Waals surface area contributed by atoms with Gasteiger partial charge in [-0.1, -0.05) is 26.0 Å². The highest BCUT2D eigenvalue weighted by Crippen LogP contribution is 2.08. The maximum atomic E-state index is 13.6. The van der Waals surface area contributed by atoms with Crippen molar-refractivity contribution >= 4 is 5.96 Å². The van der Waals surface area contributed by atoms with Crippen LogP contribution in [0.2, 0.25) is 0 Å². The highest BCUT2D eigenvalue weighted by atomic mass is 19.1. The van der Waals surface area contributed by atoms with E-state index in [-0.39, 0.29) is 5.82 Å². The minimum Gasteiger partial charge on any atom is -0.354 e. The van der Waals surface area contributed by atoms with Crippen LogP contribution in [0.25, 0.3) is 0 Å². The molecule has 0 bridgehead atoms. The van der Waals surface area contributed by atoms with Gasteiger partial charge >= 0.3 is 0 Å². The van der Waals surface area contributed by atoms with Crippen molar-refractivity contribution in [3.05, 3.63) is 35.1 Å². The predicted octanol–water partition coefficient (Wildman–Crippen LogP) is 3.31. The van der Waals surface area contributed by atoms with Crippen molar-refractivity contribution in [2.45, 2.75) is 53.1 Å². The fourth-order valence-electron chi connectivity index (χ4n) is 2.59. The number of guanidine groups is 1. The lowest BCUT2D eigenvalue weighted by Crippen LogP contribution is -2.42. The maximum Gasteiger partial charge on any atom is 0.191 e. The van der Waals surface area contributed by atoms with Gasteiger partial charge in [0.05, 0.1) is 0 Å². The van der Waals surface area contributed by atoms with E-state index in [1.807, 2.05) is 6.07 Å². The van der Waals surface area contributed by atoms with E-state index < -0.39 is 0 Å². The Labute approximate surface area is 146 Å². The number of hydrogen-bond acceptors (Lipinski definition) is 2. The normalized spacial score (nSPS) is 13.2. The molecule has 0 amide bonds. The number of hydrogen-bond donors (Lipinski definition) is 2. The first kappa shape index (κ1) is 20.4. The van der Waals surface area contributed by atoms with Crippen LogP contribution < -0.4 is 10.6 Å². The van der Waals surface area contributed by atoms with Gasteiger partial charge in [0.1, 0.15) is 5.82 Å². The van der Waals surface area contributed by atoms with Crippen molar-refractivity contribution in [1.82, 2.24) is 15.5 Å². The minimum absolute atomic E-state index is 0.165.